The highest BCUT2D eigenvalue weighted by molar-refractivity contribution is 14.0. The van der Waals surface area contributed by atoms with Crippen LogP contribution in [0.5, 0.6) is 5.75 Å². The summed E-state index contributed by atoms with van der Waals surface area (Å²) in [7, 11) is 3.37. The zero-order valence-corrected chi connectivity index (χ0v) is 20.7. The topological polar surface area (TPSA) is 74.8 Å². The first-order chi connectivity index (χ1) is 13.9. The van der Waals surface area contributed by atoms with Crippen molar-refractivity contribution in [2.75, 3.05) is 20.7 Å². The minimum absolute atomic E-state index is 0. The Hall–Kier alpha value is -2.29. The van der Waals surface area contributed by atoms with Crippen molar-refractivity contribution in [2.24, 2.45) is 10.9 Å². The molecule has 0 fully saturated rings. The minimum Gasteiger partial charge on any atom is -0.493 e. The van der Waals surface area contributed by atoms with Crippen LogP contribution in [0.1, 0.15) is 48.3 Å². The van der Waals surface area contributed by atoms with Crippen LogP contribution in [0.3, 0.4) is 0 Å². The number of aliphatic imine (C=N–C) groups is 1. The van der Waals surface area contributed by atoms with Gasteiger partial charge in [-0.05, 0) is 48.2 Å². The zero-order valence-electron chi connectivity index (χ0n) is 18.4. The fourth-order valence-corrected chi connectivity index (χ4v) is 2.75. The fraction of sp³-hybridized carbons (Fsp3) is 0.391. The smallest absolute Gasteiger partial charge is 0.251 e. The Morgan fingerprint density at radius 1 is 1.10 bits per heavy atom. The van der Waals surface area contributed by atoms with Crippen LogP contribution in [-0.2, 0) is 6.54 Å². The van der Waals surface area contributed by atoms with Crippen LogP contribution in [0, 0.1) is 5.92 Å². The number of halogens is 1. The molecule has 0 aliphatic rings. The Morgan fingerprint density at radius 2 is 1.80 bits per heavy atom. The second-order valence-electron chi connectivity index (χ2n) is 7.35. The number of carbonyl (C=O) groups excluding carboxylic acids is 1. The van der Waals surface area contributed by atoms with E-state index in [-0.39, 0.29) is 35.9 Å². The maximum absolute atomic E-state index is 11.8. The van der Waals surface area contributed by atoms with E-state index < -0.39 is 0 Å². The third-order valence-corrected chi connectivity index (χ3v) is 4.42. The molecule has 0 radical (unpaired) electrons. The maximum atomic E-state index is 11.8. The third-order valence-electron chi connectivity index (χ3n) is 4.42. The lowest BCUT2D eigenvalue weighted by Crippen LogP contribution is -2.38. The molecule has 0 aliphatic heterocycles. The summed E-state index contributed by atoms with van der Waals surface area (Å²) in [6, 6.07) is 15.7. The Morgan fingerprint density at radius 3 is 2.40 bits per heavy atom. The van der Waals surface area contributed by atoms with Crippen molar-refractivity contribution in [3.8, 4) is 5.75 Å². The third kappa shape index (κ3) is 8.22. The summed E-state index contributed by atoms with van der Waals surface area (Å²) in [6.07, 6.45) is 0. The first-order valence-electron chi connectivity index (χ1n) is 9.94. The van der Waals surface area contributed by atoms with E-state index >= 15 is 0 Å². The number of hydrogen-bond donors (Lipinski definition) is 3. The second-order valence-corrected chi connectivity index (χ2v) is 7.35. The van der Waals surface area contributed by atoms with Gasteiger partial charge in [-0.15, -0.1) is 24.0 Å². The zero-order chi connectivity index (χ0) is 21.2. The average Bonchev–Trinajstić information content (AvgIpc) is 2.74. The lowest BCUT2D eigenvalue weighted by atomic mass is 10.1. The Labute approximate surface area is 196 Å². The highest BCUT2D eigenvalue weighted by atomic mass is 127. The molecule has 0 heterocycles. The van der Waals surface area contributed by atoms with Crippen molar-refractivity contribution in [2.45, 2.75) is 33.4 Å². The van der Waals surface area contributed by atoms with Crippen molar-refractivity contribution in [3.63, 3.8) is 0 Å². The molecule has 7 heteroatoms. The van der Waals surface area contributed by atoms with Gasteiger partial charge in [-0.1, -0.05) is 38.1 Å². The lowest BCUT2D eigenvalue weighted by Gasteiger charge is -2.19. The predicted octanol–water partition coefficient (Wildman–Crippen LogP) is 4.13. The van der Waals surface area contributed by atoms with E-state index in [1.807, 2.05) is 30.3 Å². The van der Waals surface area contributed by atoms with Crippen molar-refractivity contribution < 1.29 is 9.53 Å². The molecule has 1 unspecified atom stereocenters. The SMILES string of the molecule is CN=C(NCc1cccc(C(=O)NC)c1)NC(C)c1ccc(OCC(C)C)cc1.I. The van der Waals surface area contributed by atoms with Gasteiger partial charge in [0.1, 0.15) is 5.75 Å². The van der Waals surface area contributed by atoms with Crippen LogP contribution >= 0.6 is 24.0 Å². The summed E-state index contributed by atoms with van der Waals surface area (Å²) in [5.74, 6) is 1.99. The molecule has 1 atom stereocenters. The average molecular weight is 524 g/mol. The van der Waals surface area contributed by atoms with Crippen molar-refractivity contribution in [3.05, 3.63) is 65.2 Å². The van der Waals surface area contributed by atoms with Gasteiger partial charge in [0.25, 0.3) is 5.91 Å². The minimum atomic E-state index is -0.0937. The maximum Gasteiger partial charge on any atom is 0.251 e. The number of nitrogens with one attached hydrogen (secondary N) is 3. The first-order valence-corrected chi connectivity index (χ1v) is 9.94. The molecule has 2 rings (SSSR count). The second kappa shape index (κ2) is 13.1. The molecular formula is C23H33IN4O2. The molecule has 30 heavy (non-hydrogen) atoms. The lowest BCUT2D eigenvalue weighted by molar-refractivity contribution is 0.0963. The van der Waals surface area contributed by atoms with E-state index in [4.69, 9.17) is 4.74 Å². The summed E-state index contributed by atoms with van der Waals surface area (Å²) in [5.41, 5.74) is 2.79. The molecule has 6 nitrogen and oxygen atoms in total. The van der Waals surface area contributed by atoms with E-state index in [2.05, 4.69) is 53.8 Å². The van der Waals surface area contributed by atoms with Crippen molar-refractivity contribution in [1.29, 1.82) is 0 Å². The van der Waals surface area contributed by atoms with E-state index in [0.717, 1.165) is 16.9 Å². The summed E-state index contributed by atoms with van der Waals surface area (Å²) >= 11 is 0. The van der Waals surface area contributed by atoms with Gasteiger partial charge in [0, 0.05) is 26.2 Å². The van der Waals surface area contributed by atoms with Gasteiger partial charge in [-0.25, -0.2) is 0 Å². The molecule has 2 aromatic rings. The van der Waals surface area contributed by atoms with Crippen molar-refractivity contribution in [1.82, 2.24) is 16.0 Å². The highest BCUT2D eigenvalue weighted by Gasteiger charge is 2.09. The number of ether oxygens (including phenoxy) is 1. The summed E-state index contributed by atoms with van der Waals surface area (Å²) < 4.78 is 5.74. The summed E-state index contributed by atoms with van der Waals surface area (Å²) in [6.45, 7) is 7.63. The Balaban J connectivity index is 0.00000450. The van der Waals surface area contributed by atoms with Gasteiger partial charge < -0.3 is 20.7 Å². The summed E-state index contributed by atoms with van der Waals surface area (Å²) in [4.78, 5) is 16.1. The normalized spacial score (nSPS) is 12.0. The fourth-order valence-electron chi connectivity index (χ4n) is 2.75. The van der Waals surface area contributed by atoms with E-state index in [1.165, 1.54) is 0 Å². The van der Waals surface area contributed by atoms with Crippen LogP contribution in [0.25, 0.3) is 0 Å². The molecule has 2 aromatic carbocycles. The molecule has 0 saturated heterocycles. The number of nitrogens with zero attached hydrogens (tertiary/aromatic N) is 1. The first kappa shape index (κ1) is 25.7. The van der Waals surface area contributed by atoms with Gasteiger partial charge in [0.05, 0.1) is 12.6 Å². The highest BCUT2D eigenvalue weighted by Crippen LogP contribution is 2.18. The molecule has 3 N–H and O–H groups in total. The van der Waals surface area contributed by atoms with Crippen molar-refractivity contribution >= 4 is 35.8 Å². The molecule has 0 saturated carbocycles. The molecule has 0 aliphatic carbocycles. The molecule has 0 bridgehead atoms. The van der Waals surface area contributed by atoms with Crippen LogP contribution in [0.2, 0.25) is 0 Å². The molecule has 0 spiro atoms. The van der Waals surface area contributed by atoms with Crippen LogP contribution in [-0.4, -0.2) is 32.6 Å². The largest absolute Gasteiger partial charge is 0.493 e. The number of benzene rings is 2. The van der Waals surface area contributed by atoms with Gasteiger partial charge in [-0.3, -0.25) is 9.79 Å². The number of guanidine groups is 1. The standard InChI is InChI=1S/C23H32N4O2.HI/c1-16(2)15-29-21-11-9-19(10-12-21)17(3)27-23(25-5)26-14-18-7-6-8-20(13-18)22(28)24-4;/h6-13,16-17H,14-15H2,1-5H3,(H,24,28)(H2,25,26,27);1H. The van der Waals surface area contributed by atoms with E-state index in [9.17, 15) is 4.79 Å². The predicted molar refractivity (Wildman–Crippen MR) is 134 cm³/mol. The number of hydrogen-bond acceptors (Lipinski definition) is 3. The quantitative estimate of drug-likeness (QED) is 0.276. The molecule has 0 aromatic heterocycles. The number of rotatable bonds is 8. The van der Waals surface area contributed by atoms with E-state index in [1.54, 1.807) is 20.2 Å². The van der Waals surface area contributed by atoms with Gasteiger partial charge in [-0.2, -0.15) is 0 Å². The molecule has 1 amide bonds. The van der Waals surface area contributed by atoms with Crippen LogP contribution in [0.4, 0.5) is 0 Å². The van der Waals surface area contributed by atoms with Crippen LogP contribution < -0.4 is 20.7 Å². The molecular weight excluding hydrogens is 491 g/mol. The Bertz CT molecular complexity index is 822. The Kier molecular flexibility index (Phi) is 11.2. The number of carbonyl (C=O) groups is 1. The van der Waals surface area contributed by atoms with Crippen LogP contribution in [0.15, 0.2) is 53.5 Å². The van der Waals surface area contributed by atoms with Gasteiger partial charge in [0.2, 0.25) is 0 Å². The summed E-state index contributed by atoms with van der Waals surface area (Å²) in [5, 5.41) is 9.33. The monoisotopic (exact) mass is 524 g/mol. The van der Waals surface area contributed by atoms with E-state index in [0.29, 0.717) is 30.6 Å². The van der Waals surface area contributed by atoms with Gasteiger partial charge >= 0.3 is 0 Å². The van der Waals surface area contributed by atoms with Gasteiger partial charge in [0.15, 0.2) is 5.96 Å². The molecule has 164 valence electrons. The number of amides is 1.